The van der Waals surface area contributed by atoms with Gasteiger partial charge in [-0.2, -0.15) is 0 Å². The number of fused-ring (bicyclic) bond motifs is 3. The van der Waals surface area contributed by atoms with Crippen LogP contribution < -0.4 is 14.8 Å². The number of nitrogens with zero attached hydrogens (tertiary/aromatic N) is 2. The molecule has 8 nitrogen and oxygen atoms in total. The Hall–Kier alpha value is -3.55. The number of benzene rings is 2. The van der Waals surface area contributed by atoms with Gasteiger partial charge < -0.3 is 18.8 Å². The van der Waals surface area contributed by atoms with Crippen LogP contribution in [0.25, 0.3) is 11.0 Å². The Morgan fingerprint density at radius 3 is 2.69 bits per heavy atom. The van der Waals surface area contributed by atoms with Crippen molar-refractivity contribution in [3.8, 4) is 11.5 Å². The Morgan fingerprint density at radius 1 is 1.17 bits per heavy atom. The summed E-state index contributed by atoms with van der Waals surface area (Å²) in [5, 5.41) is 2.75. The molecule has 1 aliphatic heterocycles. The summed E-state index contributed by atoms with van der Waals surface area (Å²) < 4.78 is 17.9. The number of rotatable bonds is 5. The zero-order chi connectivity index (χ0) is 20.5. The second-order valence-electron chi connectivity index (χ2n) is 6.57. The molecule has 4 rings (SSSR count). The van der Waals surface area contributed by atoms with Crippen LogP contribution in [0.4, 0.5) is 5.95 Å². The minimum atomic E-state index is -1.10. The SMILES string of the molecule is CCOC(=O)[C@H]1C(=O)Nc2nc3ccccc3n2[C@@H]1c1ccc(OC)cc1OC. The first-order valence-electron chi connectivity index (χ1n) is 9.25. The van der Waals surface area contributed by atoms with Crippen LogP contribution in [0, 0.1) is 5.92 Å². The van der Waals surface area contributed by atoms with E-state index in [1.807, 2.05) is 28.8 Å². The summed E-state index contributed by atoms with van der Waals surface area (Å²) >= 11 is 0. The molecule has 2 atom stereocenters. The smallest absolute Gasteiger partial charge is 0.321 e. The lowest BCUT2D eigenvalue weighted by Gasteiger charge is -2.33. The van der Waals surface area contributed by atoms with Crippen molar-refractivity contribution in [2.45, 2.75) is 13.0 Å². The van der Waals surface area contributed by atoms with E-state index in [0.717, 1.165) is 5.52 Å². The van der Waals surface area contributed by atoms with Gasteiger partial charge in [-0.05, 0) is 31.2 Å². The average Bonchev–Trinajstić information content (AvgIpc) is 3.10. The van der Waals surface area contributed by atoms with Crippen molar-refractivity contribution >= 4 is 28.9 Å². The van der Waals surface area contributed by atoms with Gasteiger partial charge >= 0.3 is 5.97 Å². The van der Waals surface area contributed by atoms with Crippen molar-refractivity contribution in [2.24, 2.45) is 5.92 Å². The molecule has 1 aromatic heterocycles. The van der Waals surface area contributed by atoms with Gasteiger partial charge in [-0.15, -0.1) is 0 Å². The van der Waals surface area contributed by atoms with Crippen molar-refractivity contribution in [1.82, 2.24) is 9.55 Å². The zero-order valence-electron chi connectivity index (χ0n) is 16.3. The lowest BCUT2D eigenvalue weighted by atomic mass is 9.89. The van der Waals surface area contributed by atoms with E-state index >= 15 is 0 Å². The number of hydrogen-bond acceptors (Lipinski definition) is 6. The van der Waals surface area contributed by atoms with Crippen LogP contribution in [0.1, 0.15) is 18.5 Å². The molecule has 0 bridgehead atoms. The first-order valence-corrected chi connectivity index (χ1v) is 9.25. The molecule has 29 heavy (non-hydrogen) atoms. The molecule has 8 heteroatoms. The van der Waals surface area contributed by atoms with Crippen molar-refractivity contribution in [3.05, 3.63) is 48.0 Å². The van der Waals surface area contributed by atoms with E-state index in [9.17, 15) is 9.59 Å². The lowest BCUT2D eigenvalue weighted by Crippen LogP contribution is -2.43. The standard InChI is InChI=1S/C21H21N3O5/c1-4-29-20(26)17-18(13-10-9-12(27-2)11-16(13)28-3)24-15-8-6-5-7-14(15)22-21(24)23-19(17)25/h5-11,17-18H,4H2,1-3H3,(H,22,23,25)/t17-,18-/m1/s1. The molecule has 2 heterocycles. The number of ether oxygens (including phenoxy) is 3. The van der Waals surface area contributed by atoms with Crippen LogP contribution in [-0.4, -0.2) is 42.3 Å². The quantitative estimate of drug-likeness (QED) is 0.528. The van der Waals surface area contributed by atoms with Gasteiger partial charge in [-0.1, -0.05) is 12.1 Å². The monoisotopic (exact) mass is 395 g/mol. The molecule has 1 N–H and O–H groups in total. The molecule has 150 valence electrons. The molecule has 0 radical (unpaired) electrons. The van der Waals surface area contributed by atoms with Crippen LogP contribution in [0.15, 0.2) is 42.5 Å². The van der Waals surface area contributed by atoms with E-state index < -0.39 is 23.8 Å². The number of imidazole rings is 1. The first-order chi connectivity index (χ1) is 14.1. The average molecular weight is 395 g/mol. The van der Waals surface area contributed by atoms with Crippen LogP contribution in [0.3, 0.4) is 0 Å². The summed E-state index contributed by atoms with van der Waals surface area (Å²) in [6.45, 7) is 1.88. The summed E-state index contributed by atoms with van der Waals surface area (Å²) in [4.78, 5) is 30.2. The van der Waals surface area contributed by atoms with Crippen LogP contribution in [-0.2, 0) is 14.3 Å². The third-order valence-electron chi connectivity index (χ3n) is 5.01. The van der Waals surface area contributed by atoms with Crippen LogP contribution in [0.2, 0.25) is 0 Å². The molecule has 1 aliphatic rings. The van der Waals surface area contributed by atoms with E-state index in [4.69, 9.17) is 14.2 Å². The van der Waals surface area contributed by atoms with Crippen molar-refractivity contribution in [3.63, 3.8) is 0 Å². The highest BCUT2D eigenvalue weighted by Crippen LogP contribution is 2.42. The van der Waals surface area contributed by atoms with Gasteiger partial charge in [0, 0.05) is 11.6 Å². The largest absolute Gasteiger partial charge is 0.497 e. The predicted octanol–water partition coefficient (Wildman–Crippen LogP) is 2.77. The summed E-state index contributed by atoms with van der Waals surface area (Å²) in [7, 11) is 3.10. The number of para-hydroxylation sites is 2. The molecule has 1 amide bonds. The number of esters is 1. The fraction of sp³-hybridized carbons (Fsp3) is 0.286. The molecule has 0 aliphatic carbocycles. The molecule has 0 spiro atoms. The summed E-state index contributed by atoms with van der Waals surface area (Å²) in [6.07, 6.45) is 0. The molecule has 0 unspecified atom stereocenters. The molecular formula is C21H21N3O5. The van der Waals surface area contributed by atoms with Gasteiger partial charge in [-0.3, -0.25) is 14.9 Å². The van der Waals surface area contributed by atoms with Gasteiger partial charge in [0.25, 0.3) is 0 Å². The molecular weight excluding hydrogens is 374 g/mol. The van der Waals surface area contributed by atoms with E-state index in [1.54, 1.807) is 32.2 Å². The van der Waals surface area contributed by atoms with Crippen LogP contribution >= 0.6 is 0 Å². The Kier molecular flexibility index (Phi) is 4.84. The first kappa shape index (κ1) is 18.8. The molecule has 2 aromatic carbocycles. The Balaban J connectivity index is 1.98. The molecule has 3 aromatic rings. The maximum Gasteiger partial charge on any atom is 0.321 e. The molecule has 0 saturated heterocycles. The fourth-order valence-electron chi connectivity index (χ4n) is 3.74. The fourth-order valence-corrected chi connectivity index (χ4v) is 3.74. The second-order valence-corrected chi connectivity index (χ2v) is 6.57. The van der Waals surface area contributed by atoms with E-state index in [-0.39, 0.29) is 6.61 Å². The van der Waals surface area contributed by atoms with E-state index in [1.165, 1.54) is 7.11 Å². The van der Waals surface area contributed by atoms with Gasteiger partial charge in [0.05, 0.1) is 37.9 Å². The lowest BCUT2D eigenvalue weighted by molar-refractivity contribution is -0.152. The number of carbonyl (C=O) groups is 2. The number of hydrogen-bond donors (Lipinski definition) is 1. The topological polar surface area (TPSA) is 91.7 Å². The van der Waals surface area contributed by atoms with E-state index in [0.29, 0.717) is 28.5 Å². The second kappa shape index (κ2) is 7.46. The predicted molar refractivity (Wildman–Crippen MR) is 106 cm³/mol. The number of nitrogens with one attached hydrogen (secondary N) is 1. The van der Waals surface area contributed by atoms with Crippen molar-refractivity contribution in [1.29, 1.82) is 0 Å². The minimum Gasteiger partial charge on any atom is -0.497 e. The minimum absolute atomic E-state index is 0.173. The zero-order valence-corrected chi connectivity index (χ0v) is 16.3. The highest BCUT2D eigenvalue weighted by Gasteiger charge is 2.45. The Labute approximate surface area is 167 Å². The van der Waals surface area contributed by atoms with Gasteiger partial charge in [-0.25, -0.2) is 4.98 Å². The number of carbonyl (C=O) groups excluding carboxylic acids is 2. The maximum atomic E-state index is 12.9. The Bertz CT molecular complexity index is 1090. The van der Waals surface area contributed by atoms with Crippen molar-refractivity contribution < 1.29 is 23.8 Å². The van der Waals surface area contributed by atoms with E-state index in [2.05, 4.69) is 10.3 Å². The highest BCUT2D eigenvalue weighted by molar-refractivity contribution is 6.07. The van der Waals surface area contributed by atoms with Gasteiger partial charge in [0.1, 0.15) is 11.5 Å². The molecule has 0 saturated carbocycles. The molecule has 0 fully saturated rings. The number of amides is 1. The summed E-state index contributed by atoms with van der Waals surface area (Å²) in [5.74, 6) is -0.677. The number of aromatic nitrogens is 2. The maximum absolute atomic E-state index is 12.9. The normalized spacial score (nSPS) is 18.1. The third kappa shape index (κ3) is 3.06. The van der Waals surface area contributed by atoms with Gasteiger partial charge in [0.15, 0.2) is 5.92 Å². The number of methoxy groups -OCH3 is 2. The summed E-state index contributed by atoms with van der Waals surface area (Å²) in [6, 6.07) is 12.1. The van der Waals surface area contributed by atoms with Crippen molar-refractivity contribution in [2.75, 3.05) is 26.1 Å². The number of anilines is 1. The third-order valence-corrected chi connectivity index (χ3v) is 5.01. The summed E-state index contributed by atoms with van der Waals surface area (Å²) in [5.41, 5.74) is 2.16. The van der Waals surface area contributed by atoms with Crippen LogP contribution in [0.5, 0.6) is 11.5 Å². The Morgan fingerprint density at radius 2 is 1.97 bits per heavy atom. The van der Waals surface area contributed by atoms with Gasteiger partial charge in [0.2, 0.25) is 11.9 Å². The highest BCUT2D eigenvalue weighted by atomic mass is 16.5.